The minimum absolute atomic E-state index is 0.932. The maximum Gasteiger partial charge on any atom is 0.168 e. The summed E-state index contributed by atoms with van der Waals surface area (Å²) in [4.78, 5) is 8.49. The Balaban J connectivity index is 1.96. The lowest BCUT2D eigenvalue weighted by Gasteiger charge is -2.18. The predicted octanol–water partition coefficient (Wildman–Crippen LogP) is 4.71. The van der Waals surface area contributed by atoms with E-state index >= 15 is 0 Å². The molecule has 0 radical (unpaired) electrons. The molecule has 0 spiro atoms. The normalized spacial score (nSPS) is 18.1. The van der Waals surface area contributed by atoms with Crippen LogP contribution in [-0.2, 0) is 0 Å². The molecule has 1 aromatic carbocycles. The van der Waals surface area contributed by atoms with Crippen LogP contribution in [0.5, 0.6) is 0 Å². The van der Waals surface area contributed by atoms with Crippen molar-refractivity contribution in [1.29, 1.82) is 0 Å². The molecule has 2 aliphatic heterocycles. The molecular formula is C16H16N2S2. The number of aryl methyl sites for hydroxylation is 1. The van der Waals surface area contributed by atoms with Gasteiger partial charge in [0.2, 0.25) is 0 Å². The molecular weight excluding hydrogens is 284 g/mol. The average Bonchev–Trinajstić information content (AvgIpc) is 3.14. The Kier molecular flexibility index (Phi) is 2.89. The number of nitrogens with zero attached hydrogens (tertiary/aromatic N) is 2. The fourth-order valence-corrected chi connectivity index (χ4v) is 5.00. The minimum atomic E-state index is 0.932. The Morgan fingerprint density at radius 1 is 1.30 bits per heavy atom. The molecule has 2 nitrogen and oxygen atoms in total. The number of hydrogen-bond donors (Lipinski definition) is 0. The third-order valence-corrected chi connectivity index (χ3v) is 6.25. The van der Waals surface area contributed by atoms with E-state index < -0.39 is 0 Å². The number of thioether (sulfide) groups is 1. The van der Waals surface area contributed by atoms with Crippen LogP contribution < -0.4 is 0 Å². The van der Waals surface area contributed by atoms with Gasteiger partial charge in [-0.1, -0.05) is 30.8 Å². The first-order valence-corrected chi connectivity index (χ1v) is 8.69. The first-order valence-electron chi connectivity index (χ1n) is 6.99. The van der Waals surface area contributed by atoms with Crippen molar-refractivity contribution in [2.24, 2.45) is 4.99 Å². The highest BCUT2D eigenvalue weighted by molar-refractivity contribution is 8.17. The van der Waals surface area contributed by atoms with Crippen molar-refractivity contribution in [2.45, 2.75) is 20.3 Å². The minimum Gasteiger partial charge on any atom is -0.318 e. The summed E-state index contributed by atoms with van der Waals surface area (Å²) < 4.78 is 1.42. The molecule has 20 heavy (non-hydrogen) atoms. The third kappa shape index (κ3) is 1.68. The fraction of sp³-hybridized carbons (Fsp3) is 0.312. The summed E-state index contributed by atoms with van der Waals surface area (Å²) in [6.07, 6.45) is 1.08. The molecule has 0 aliphatic carbocycles. The van der Waals surface area contributed by atoms with Crippen LogP contribution in [0, 0.1) is 6.92 Å². The van der Waals surface area contributed by atoms with E-state index in [2.05, 4.69) is 47.3 Å². The molecule has 0 unspecified atom stereocenters. The van der Waals surface area contributed by atoms with Crippen molar-refractivity contribution in [3.05, 3.63) is 39.6 Å². The molecule has 0 bridgehead atoms. The van der Waals surface area contributed by atoms with Gasteiger partial charge < -0.3 is 4.90 Å². The molecule has 0 fully saturated rings. The molecule has 4 heteroatoms. The number of benzene rings is 1. The van der Waals surface area contributed by atoms with Crippen molar-refractivity contribution in [3.8, 4) is 0 Å². The molecule has 2 aromatic rings. The van der Waals surface area contributed by atoms with Gasteiger partial charge in [-0.2, -0.15) is 0 Å². The van der Waals surface area contributed by atoms with Gasteiger partial charge in [-0.15, -0.1) is 11.3 Å². The van der Waals surface area contributed by atoms with E-state index in [1.165, 1.54) is 37.0 Å². The summed E-state index contributed by atoms with van der Waals surface area (Å²) in [6.45, 7) is 6.40. The molecule has 2 aliphatic rings. The summed E-state index contributed by atoms with van der Waals surface area (Å²) in [5.74, 6) is 0. The zero-order chi connectivity index (χ0) is 13.7. The van der Waals surface area contributed by atoms with E-state index in [0.29, 0.717) is 0 Å². The van der Waals surface area contributed by atoms with Crippen LogP contribution in [0.25, 0.3) is 15.8 Å². The van der Waals surface area contributed by atoms with Gasteiger partial charge in [0.05, 0.1) is 12.2 Å². The van der Waals surface area contributed by atoms with Gasteiger partial charge in [-0.05, 0) is 30.4 Å². The van der Waals surface area contributed by atoms with Gasteiger partial charge >= 0.3 is 0 Å². The summed E-state index contributed by atoms with van der Waals surface area (Å²) >= 11 is 3.70. The van der Waals surface area contributed by atoms with E-state index in [0.717, 1.165) is 19.5 Å². The highest BCUT2D eigenvalue weighted by Crippen LogP contribution is 2.45. The van der Waals surface area contributed by atoms with Gasteiger partial charge in [0, 0.05) is 27.1 Å². The summed E-state index contributed by atoms with van der Waals surface area (Å²) in [6, 6.07) is 6.81. The molecule has 0 saturated carbocycles. The second-order valence-corrected chi connectivity index (χ2v) is 7.11. The van der Waals surface area contributed by atoms with E-state index in [4.69, 9.17) is 0 Å². The van der Waals surface area contributed by atoms with Crippen molar-refractivity contribution in [3.63, 3.8) is 0 Å². The third-order valence-electron chi connectivity index (χ3n) is 3.94. The maximum absolute atomic E-state index is 4.62. The van der Waals surface area contributed by atoms with Crippen molar-refractivity contribution >= 4 is 44.0 Å². The standard InChI is InChI=1S/C16H16N2S2/c1-3-13-14(18-8-7-17-16(18)20-13)11-5-4-10(2)15-12(11)6-9-19-15/h4-6,9H,3,7-8H2,1-2H3. The first kappa shape index (κ1) is 12.5. The molecule has 3 heterocycles. The number of fused-ring (bicyclic) bond motifs is 2. The average molecular weight is 300 g/mol. The maximum atomic E-state index is 4.62. The van der Waals surface area contributed by atoms with Gasteiger partial charge in [0.25, 0.3) is 0 Å². The summed E-state index contributed by atoms with van der Waals surface area (Å²) in [7, 11) is 0. The largest absolute Gasteiger partial charge is 0.318 e. The SMILES string of the molecule is CCC1=C(c2ccc(C)c3sccc23)N2CCN=C2S1. The quantitative estimate of drug-likeness (QED) is 0.798. The highest BCUT2D eigenvalue weighted by Gasteiger charge is 2.32. The Bertz CT molecular complexity index is 755. The molecule has 0 saturated heterocycles. The second-order valence-electron chi connectivity index (χ2n) is 5.14. The summed E-state index contributed by atoms with van der Waals surface area (Å²) in [5, 5.41) is 4.79. The van der Waals surface area contributed by atoms with Gasteiger partial charge in [0.15, 0.2) is 5.17 Å². The molecule has 0 atom stereocenters. The lowest BCUT2D eigenvalue weighted by atomic mass is 10.0. The van der Waals surface area contributed by atoms with E-state index in [9.17, 15) is 0 Å². The van der Waals surface area contributed by atoms with Crippen LogP contribution in [0.4, 0.5) is 0 Å². The van der Waals surface area contributed by atoms with Gasteiger partial charge in [0.1, 0.15) is 0 Å². The van der Waals surface area contributed by atoms with E-state index in [-0.39, 0.29) is 0 Å². The smallest absolute Gasteiger partial charge is 0.168 e. The van der Waals surface area contributed by atoms with Crippen molar-refractivity contribution in [1.82, 2.24) is 4.90 Å². The zero-order valence-corrected chi connectivity index (χ0v) is 13.3. The highest BCUT2D eigenvalue weighted by atomic mass is 32.2. The Morgan fingerprint density at radius 3 is 3.05 bits per heavy atom. The number of aliphatic imine (C=N–C) groups is 1. The predicted molar refractivity (Wildman–Crippen MR) is 90.4 cm³/mol. The van der Waals surface area contributed by atoms with Crippen LogP contribution in [0.15, 0.2) is 33.5 Å². The van der Waals surface area contributed by atoms with Gasteiger partial charge in [-0.3, -0.25) is 4.99 Å². The van der Waals surface area contributed by atoms with E-state index in [1.54, 1.807) is 0 Å². The lowest BCUT2D eigenvalue weighted by Crippen LogP contribution is -2.20. The number of hydrogen-bond acceptors (Lipinski definition) is 4. The topological polar surface area (TPSA) is 15.6 Å². The van der Waals surface area contributed by atoms with Crippen LogP contribution in [-0.4, -0.2) is 23.2 Å². The Labute approximate surface area is 127 Å². The fourth-order valence-electron chi connectivity index (χ4n) is 2.97. The van der Waals surface area contributed by atoms with Crippen LogP contribution >= 0.6 is 23.1 Å². The molecule has 4 rings (SSSR count). The number of amidine groups is 1. The Morgan fingerprint density at radius 2 is 2.20 bits per heavy atom. The van der Waals surface area contributed by atoms with Crippen LogP contribution in [0.2, 0.25) is 0 Å². The van der Waals surface area contributed by atoms with Crippen molar-refractivity contribution < 1.29 is 0 Å². The van der Waals surface area contributed by atoms with Gasteiger partial charge in [-0.25, -0.2) is 0 Å². The molecule has 1 aromatic heterocycles. The lowest BCUT2D eigenvalue weighted by molar-refractivity contribution is 0.647. The zero-order valence-electron chi connectivity index (χ0n) is 11.6. The van der Waals surface area contributed by atoms with E-state index in [1.807, 2.05) is 23.1 Å². The monoisotopic (exact) mass is 300 g/mol. The summed E-state index contributed by atoms with van der Waals surface area (Å²) in [5.41, 5.74) is 4.15. The molecule has 0 amide bonds. The van der Waals surface area contributed by atoms with Crippen LogP contribution in [0.1, 0.15) is 24.5 Å². The van der Waals surface area contributed by atoms with Crippen molar-refractivity contribution in [2.75, 3.05) is 13.1 Å². The molecule has 0 N–H and O–H groups in total. The number of allylic oxidation sites excluding steroid dienone is 1. The number of rotatable bonds is 2. The van der Waals surface area contributed by atoms with Crippen LogP contribution in [0.3, 0.4) is 0 Å². The second kappa shape index (κ2) is 4.64. The molecule has 102 valence electrons. The number of thiophene rings is 1. The first-order chi connectivity index (χ1) is 9.79. The Hall–Kier alpha value is -1.26.